The van der Waals surface area contributed by atoms with Crippen molar-refractivity contribution in [3.05, 3.63) is 61.7 Å². The van der Waals surface area contributed by atoms with Gasteiger partial charge in [0.1, 0.15) is 5.92 Å². The summed E-state index contributed by atoms with van der Waals surface area (Å²) in [4.78, 5) is 56.9. The highest BCUT2D eigenvalue weighted by molar-refractivity contribution is 7.09. The Labute approximate surface area is 295 Å². The molecule has 48 heavy (non-hydrogen) atoms. The molecule has 5 rings (SSSR count). The summed E-state index contributed by atoms with van der Waals surface area (Å²) in [6.07, 6.45) is 4.68. The molecular weight excluding hydrogens is 677 g/mol. The highest BCUT2D eigenvalue weighted by Gasteiger charge is 2.46. The normalized spacial score (nSPS) is 20.8. The molecule has 4 heterocycles. The summed E-state index contributed by atoms with van der Waals surface area (Å²) in [5, 5.41) is 3.30. The second-order valence-electron chi connectivity index (χ2n) is 12.1. The third-order valence-corrected chi connectivity index (χ3v) is 10.7. The number of carbonyl (C=O) groups excluding carboxylic acids is 3. The van der Waals surface area contributed by atoms with Crippen molar-refractivity contribution in [3.8, 4) is 0 Å². The van der Waals surface area contributed by atoms with Crippen molar-refractivity contribution in [1.29, 1.82) is 0 Å². The van der Waals surface area contributed by atoms with E-state index in [0.717, 1.165) is 70.3 Å². The van der Waals surface area contributed by atoms with Gasteiger partial charge in [0.2, 0.25) is 5.91 Å². The largest absolute Gasteiger partial charge is 0.468 e. The lowest BCUT2D eigenvalue weighted by molar-refractivity contribution is -0.143. The van der Waals surface area contributed by atoms with E-state index in [1.165, 1.54) is 25.6 Å². The van der Waals surface area contributed by atoms with Crippen LogP contribution in [0.4, 0.5) is 0 Å². The smallest absolute Gasteiger partial charge is 0.336 e. The number of esters is 2. The number of piperazine rings is 1. The van der Waals surface area contributed by atoms with E-state index < -0.39 is 23.8 Å². The Hall–Kier alpha value is -2.87. The zero-order chi connectivity index (χ0) is 34.0. The first kappa shape index (κ1) is 36.4. The summed E-state index contributed by atoms with van der Waals surface area (Å²) >= 11 is 14.9. The minimum absolute atomic E-state index is 0.0770. The van der Waals surface area contributed by atoms with Crippen LogP contribution in [-0.4, -0.2) is 123 Å². The molecule has 0 saturated carbocycles. The SMILES string of the molecule is COC(=O)C1=C(CC(=O)N2CCN(CCCCN3CCOCC3)CC2)N=C(CCc2nccs2)C(C(=O)OC)C1c1c(Cl)cccc1Cl. The third-order valence-electron chi connectivity index (χ3n) is 9.19. The number of carbonyl (C=O) groups is 3. The maximum atomic E-state index is 13.8. The van der Waals surface area contributed by atoms with Crippen LogP contribution in [0.3, 0.4) is 0 Å². The third kappa shape index (κ3) is 9.02. The lowest BCUT2D eigenvalue weighted by Gasteiger charge is -2.36. The van der Waals surface area contributed by atoms with Crippen LogP contribution in [0.2, 0.25) is 10.0 Å². The molecule has 0 aliphatic carbocycles. The predicted molar refractivity (Wildman–Crippen MR) is 186 cm³/mol. The molecule has 1 aromatic carbocycles. The number of hydrogen-bond acceptors (Lipinski definition) is 11. The number of aromatic nitrogens is 1. The molecule has 0 spiro atoms. The minimum Gasteiger partial charge on any atom is -0.468 e. The standard InChI is InChI=1S/C34H43Cl2N5O6S/c1-45-33(43)30-25(8-9-27-37-10-21-48-27)38-26(31(34(44)46-2)32(30)29-23(35)6-5-7-24(29)36)22-28(42)41-15-13-39(14-16-41)11-3-4-12-40-17-19-47-20-18-40/h5-7,10,21,30,32H,3-4,8-9,11-20,22H2,1-2H3. The van der Waals surface area contributed by atoms with E-state index in [2.05, 4.69) is 14.8 Å². The monoisotopic (exact) mass is 719 g/mol. The van der Waals surface area contributed by atoms with Gasteiger partial charge in [-0.15, -0.1) is 11.3 Å². The van der Waals surface area contributed by atoms with Gasteiger partial charge in [-0.25, -0.2) is 9.78 Å². The number of nitrogens with zero attached hydrogens (tertiary/aromatic N) is 5. The molecule has 2 saturated heterocycles. The van der Waals surface area contributed by atoms with Crippen LogP contribution in [0.1, 0.15) is 42.2 Å². The number of methoxy groups -OCH3 is 2. The fourth-order valence-electron chi connectivity index (χ4n) is 6.64. The second kappa shape index (κ2) is 17.7. The van der Waals surface area contributed by atoms with Crippen molar-refractivity contribution >= 4 is 58.1 Å². The summed E-state index contributed by atoms with van der Waals surface area (Å²) < 4.78 is 15.9. The van der Waals surface area contributed by atoms with E-state index in [1.807, 2.05) is 10.3 Å². The van der Waals surface area contributed by atoms with Crippen molar-refractivity contribution in [1.82, 2.24) is 19.7 Å². The molecule has 2 unspecified atom stereocenters. The fourth-order valence-corrected chi connectivity index (χ4v) is 7.90. The summed E-state index contributed by atoms with van der Waals surface area (Å²) in [5.41, 5.74) is 1.17. The Balaban J connectivity index is 1.36. The average Bonchev–Trinajstić information content (AvgIpc) is 3.63. The summed E-state index contributed by atoms with van der Waals surface area (Å²) in [6, 6.07) is 5.00. The van der Waals surface area contributed by atoms with Gasteiger partial charge in [-0.3, -0.25) is 24.4 Å². The van der Waals surface area contributed by atoms with Gasteiger partial charge < -0.3 is 19.1 Å². The summed E-state index contributed by atoms with van der Waals surface area (Å²) in [7, 11) is 2.55. The predicted octanol–water partition coefficient (Wildman–Crippen LogP) is 4.48. The van der Waals surface area contributed by atoms with Crippen molar-refractivity contribution in [3.63, 3.8) is 0 Å². The summed E-state index contributed by atoms with van der Waals surface area (Å²) in [5.74, 6) is -3.46. The molecule has 260 valence electrons. The highest BCUT2D eigenvalue weighted by atomic mass is 35.5. The van der Waals surface area contributed by atoms with Gasteiger partial charge in [-0.2, -0.15) is 0 Å². The van der Waals surface area contributed by atoms with E-state index in [0.29, 0.717) is 37.2 Å². The molecule has 0 bridgehead atoms. The van der Waals surface area contributed by atoms with Gasteiger partial charge in [0.25, 0.3) is 0 Å². The number of morpholine rings is 1. The Morgan fingerprint density at radius 2 is 1.60 bits per heavy atom. The topological polar surface area (TPSA) is 114 Å². The van der Waals surface area contributed by atoms with Crippen LogP contribution in [0.25, 0.3) is 0 Å². The van der Waals surface area contributed by atoms with Gasteiger partial charge in [-0.05, 0) is 50.0 Å². The number of benzene rings is 1. The van der Waals surface area contributed by atoms with E-state index in [1.54, 1.807) is 24.4 Å². The molecule has 3 aliphatic rings. The van der Waals surface area contributed by atoms with Crippen LogP contribution < -0.4 is 0 Å². The number of hydrogen-bond donors (Lipinski definition) is 0. The zero-order valence-corrected chi connectivity index (χ0v) is 29.8. The quantitative estimate of drug-likeness (QED) is 0.218. The van der Waals surface area contributed by atoms with Gasteiger partial charge in [0.05, 0.1) is 50.1 Å². The second-order valence-corrected chi connectivity index (χ2v) is 13.8. The molecular formula is C34H43Cl2N5O6S. The molecule has 3 aliphatic heterocycles. The molecule has 14 heteroatoms. The number of rotatable bonds is 13. The number of amides is 1. The lowest BCUT2D eigenvalue weighted by Crippen LogP contribution is -2.49. The number of aryl methyl sites for hydroxylation is 1. The van der Waals surface area contributed by atoms with E-state index in [9.17, 15) is 14.4 Å². The molecule has 11 nitrogen and oxygen atoms in total. The van der Waals surface area contributed by atoms with Gasteiger partial charge in [0.15, 0.2) is 0 Å². The Kier molecular flexibility index (Phi) is 13.4. The average molecular weight is 721 g/mol. The van der Waals surface area contributed by atoms with Crippen LogP contribution in [0.15, 0.2) is 46.0 Å². The number of thiazole rings is 1. The first-order valence-corrected chi connectivity index (χ1v) is 18.0. The molecule has 0 radical (unpaired) electrons. The van der Waals surface area contributed by atoms with Crippen molar-refractivity contribution < 1.29 is 28.6 Å². The molecule has 0 N–H and O–H groups in total. The number of aliphatic imine (C=N–C) groups is 1. The molecule has 1 amide bonds. The minimum atomic E-state index is -1.02. The highest BCUT2D eigenvalue weighted by Crippen LogP contribution is 2.46. The van der Waals surface area contributed by atoms with Gasteiger partial charge in [0, 0.05) is 78.9 Å². The molecule has 2 atom stereocenters. The maximum Gasteiger partial charge on any atom is 0.336 e. The molecule has 2 aromatic rings. The van der Waals surface area contributed by atoms with E-state index >= 15 is 0 Å². The lowest BCUT2D eigenvalue weighted by atomic mass is 9.74. The first-order chi connectivity index (χ1) is 23.3. The number of ether oxygens (including phenoxy) is 3. The van der Waals surface area contributed by atoms with Crippen molar-refractivity contribution in [2.24, 2.45) is 10.9 Å². The number of halogens is 2. The Morgan fingerprint density at radius 3 is 2.21 bits per heavy atom. The van der Waals surface area contributed by atoms with Crippen LogP contribution >= 0.6 is 34.5 Å². The van der Waals surface area contributed by atoms with Crippen molar-refractivity contribution in [2.75, 3.05) is 79.8 Å². The molecule has 2 fully saturated rings. The fraction of sp³-hybridized carbons (Fsp3) is 0.559. The number of unbranched alkanes of at least 4 members (excludes halogenated alkanes) is 1. The van der Waals surface area contributed by atoms with E-state index in [4.69, 9.17) is 42.4 Å². The van der Waals surface area contributed by atoms with E-state index in [-0.39, 0.29) is 33.6 Å². The van der Waals surface area contributed by atoms with Crippen molar-refractivity contribution in [2.45, 2.75) is 38.0 Å². The van der Waals surface area contributed by atoms with Gasteiger partial charge >= 0.3 is 11.9 Å². The molecule has 1 aromatic heterocycles. The van der Waals surface area contributed by atoms with Crippen LogP contribution in [0.5, 0.6) is 0 Å². The Morgan fingerprint density at radius 1 is 0.938 bits per heavy atom. The Bertz CT molecular complexity index is 1470. The summed E-state index contributed by atoms with van der Waals surface area (Å²) in [6.45, 7) is 8.41. The maximum absolute atomic E-state index is 13.8. The van der Waals surface area contributed by atoms with Crippen LogP contribution in [0, 0.1) is 5.92 Å². The zero-order valence-electron chi connectivity index (χ0n) is 27.5. The first-order valence-electron chi connectivity index (χ1n) is 16.4. The van der Waals surface area contributed by atoms with Gasteiger partial charge in [-0.1, -0.05) is 29.3 Å². The van der Waals surface area contributed by atoms with Crippen LogP contribution in [-0.2, 0) is 35.0 Å².